The molecule has 0 aliphatic rings. The van der Waals surface area contributed by atoms with Crippen LogP contribution in [0.4, 0.5) is 8.78 Å². The molecule has 2 aromatic heterocycles. The number of aromatic nitrogens is 3. The van der Waals surface area contributed by atoms with Crippen molar-refractivity contribution in [2.75, 3.05) is 0 Å². The highest BCUT2D eigenvalue weighted by Crippen LogP contribution is 2.36. The monoisotopic (exact) mass is 435 g/mol. The van der Waals surface area contributed by atoms with Gasteiger partial charge in [0.1, 0.15) is 17.3 Å². The SMILES string of the molecule is Cc1nn(Cc2c(F)cccc2F)c(C)c1-c1c(C(N)=O)nc2ccccc2c1C(N)=O. The maximum atomic E-state index is 14.2. The lowest BCUT2D eigenvalue weighted by atomic mass is 9.92. The number of carbonyl (C=O) groups is 2. The lowest BCUT2D eigenvalue weighted by molar-refractivity contribution is 0.0996. The molecule has 0 unspecified atom stereocenters. The first-order valence-electron chi connectivity index (χ1n) is 9.70. The molecule has 2 aromatic carbocycles. The number of carbonyl (C=O) groups excluding carboxylic acids is 2. The number of benzene rings is 2. The zero-order valence-electron chi connectivity index (χ0n) is 17.3. The van der Waals surface area contributed by atoms with Gasteiger partial charge in [-0.2, -0.15) is 5.10 Å². The zero-order chi connectivity index (χ0) is 23.2. The number of hydrogen-bond acceptors (Lipinski definition) is 4. The van der Waals surface area contributed by atoms with Crippen LogP contribution in [-0.2, 0) is 6.54 Å². The Kier molecular flexibility index (Phi) is 5.17. The Balaban J connectivity index is 2.01. The van der Waals surface area contributed by atoms with Crippen LogP contribution in [0.2, 0.25) is 0 Å². The number of nitrogens with two attached hydrogens (primary N) is 2. The van der Waals surface area contributed by atoms with Crippen molar-refractivity contribution in [2.24, 2.45) is 11.5 Å². The first-order valence-corrected chi connectivity index (χ1v) is 9.70. The van der Waals surface area contributed by atoms with Crippen LogP contribution >= 0.6 is 0 Å². The Morgan fingerprint density at radius 3 is 2.22 bits per heavy atom. The highest BCUT2D eigenvalue weighted by molar-refractivity contribution is 6.15. The molecular formula is C23H19F2N5O2. The van der Waals surface area contributed by atoms with Crippen molar-refractivity contribution >= 4 is 22.7 Å². The molecule has 0 bridgehead atoms. The maximum absolute atomic E-state index is 14.2. The van der Waals surface area contributed by atoms with Crippen LogP contribution in [0.3, 0.4) is 0 Å². The minimum Gasteiger partial charge on any atom is -0.366 e. The summed E-state index contributed by atoms with van der Waals surface area (Å²) in [5.74, 6) is -3.03. The third-order valence-corrected chi connectivity index (χ3v) is 5.37. The standard InChI is InChI=1S/C23H19F2N5O2/c1-11-18(12(2)30(29-11)10-14-15(24)7-5-8-16(14)25)20-19(22(26)31)13-6-3-4-9-17(13)28-21(20)23(27)32/h3-9H,10H2,1-2H3,(H2,26,31)(H2,27,32). The molecule has 2 amide bonds. The van der Waals surface area contributed by atoms with Crippen molar-refractivity contribution in [3.63, 3.8) is 0 Å². The minimum atomic E-state index is -0.847. The van der Waals surface area contributed by atoms with Gasteiger partial charge in [0.05, 0.1) is 23.3 Å². The normalized spacial score (nSPS) is 11.1. The summed E-state index contributed by atoms with van der Waals surface area (Å²) in [7, 11) is 0. The van der Waals surface area contributed by atoms with Gasteiger partial charge in [0.15, 0.2) is 0 Å². The number of aryl methyl sites for hydroxylation is 1. The van der Waals surface area contributed by atoms with Crippen LogP contribution in [-0.4, -0.2) is 26.6 Å². The van der Waals surface area contributed by atoms with Crippen LogP contribution in [0.1, 0.15) is 37.8 Å². The summed E-state index contributed by atoms with van der Waals surface area (Å²) in [6.45, 7) is 3.13. The molecule has 0 aliphatic heterocycles. The zero-order valence-corrected chi connectivity index (χ0v) is 17.3. The van der Waals surface area contributed by atoms with E-state index in [1.54, 1.807) is 38.1 Å². The van der Waals surface area contributed by atoms with E-state index < -0.39 is 23.4 Å². The van der Waals surface area contributed by atoms with Gasteiger partial charge in [-0.25, -0.2) is 13.8 Å². The second-order valence-electron chi connectivity index (χ2n) is 7.36. The Labute approximate surface area is 181 Å². The van der Waals surface area contributed by atoms with Gasteiger partial charge in [-0.15, -0.1) is 0 Å². The first kappa shape index (κ1) is 21.1. The van der Waals surface area contributed by atoms with E-state index in [0.717, 1.165) is 12.1 Å². The second-order valence-corrected chi connectivity index (χ2v) is 7.36. The van der Waals surface area contributed by atoms with Gasteiger partial charge < -0.3 is 11.5 Å². The fourth-order valence-electron chi connectivity index (χ4n) is 3.94. The molecule has 32 heavy (non-hydrogen) atoms. The molecule has 0 radical (unpaired) electrons. The molecule has 0 saturated carbocycles. The predicted molar refractivity (Wildman–Crippen MR) is 115 cm³/mol. The number of nitrogens with zero attached hydrogens (tertiary/aromatic N) is 3. The van der Waals surface area contributed by atoms with Crippen LogP contribution in [0.25, 0.3) is 22.0 Å². The molecule has 0 saturated heterocycles. The Morgan fingerprint density at radius 2 is 1.59 bits per heavy atom. The van der Waals surface area contributed by atoms with Gasteiger partial charge in [0.25, 0.3) is 5.91 Å². The Morgan fingerprint density at radius 1 is 0.938 bits per heavy atom. The molecule has 4 rings (SSSR count). The number of rotatable bonds is 5. The van der Waals surface area contributed by atoms with E-state index >= 15 is 0 Å². The van der Waals surface area contributed by atoms with Gasteiger partial charge in [-0.1, -0.05) is 24.3 Å². The summed E-state index contributed by atoms with van der Waals surface area (Å²) in [5.41, 5.74) is 12.9. The largest absolute Gasteiger partial charge is 0.366 e. The van der Waals surface area contributed by atoms with Gasteiger partial charge in [0.2, 0.25) is 5.91 Å². The quantitative estimate of drug-likeness (QED) is 0.500. The molecule has 4 N–H and O–H groups in total. The highest BCUT2D eigenvalue weighted by Gasteiger charge is 2.27. The number of amides is 2. The lowest BCUT2D eigenvalue weighted by Gasteiger charge is -2.15. The number of pyridine rings is 1. The predicted octanol–water partition coefficient (Wildman–Crippen LogP) is 3.24. The number of halogens is 2. The number of primary amides is 2. The summed E-state index contributed by atoms with van der Waals surface area (Å²) in [6.07, 6.45) is 0. The first-order chi connectivity index (χ1) is 15.2. The Bertz CT molecular complexity index is 1390. The third kappa shape index (κ3) is 3.37. The smallest absolute Gasteiger partial charge is 0.267 e. The molecule has 0 aliphatic carbocycles. The van der Waals surface area contributed by atoms with E-state index in [0.29, 0.717) is 27.9 Å². The van der Waals surface area contributed by atoms with Crippen molar-refractivity contribution in [3.8, 4) is 11.1 Å². The molecule has 2 heterocycles. The van der Waals surface area contributed by atoms with Crippen molar-refractivity contribution in [1.82, 2.24) is 14.8 Å². The van der Waals surface area contributed by atoms with Crippen molar-refractivity contribution in [3.05, 3.63) is 82.3 Å². The Hall–Kier alpha value is -4.14. The van der Waals surface area contributed by atoms with E-state index in [4.69, 9.17) is 11.5 Å². The maximum Gasteiger partial charge on any atom is 0.267 e. The molecule has 9 heteroatoms. The van der Waals surface area contributed by atoms with Crippen LogP contribution < -0.4 is 11.5 Å². The number of fused-ring (bicyclic) bond motifs is 1. The van der Waals surface area contributed by atoms with Crippen molar-refractivity contribution < 1.29 is 18.4 Å². The molecule has 7 nitrogen and oxygen atoms in total. The van der Waals surface area contributed by atoms with E-state index in [1.807, 2.05) is 0 Å². The van der Waals surface area contributed by atoms with Crippen LogP contribution in [0.15, 0.2) is 42.5 Å². The van der Waals surface area contributed by atoms with E-state index in [2.05, 4.69) is 10.1 Å². The number of hydrogen-bond donors (Lipinski definition) is 2. The summed E-state index contributed by atoms with van der Waals surface area (Å²) < 4.78 is 29.8. The van der Waals surface area contributed by atoms with E-state index in [9.17, 15) is 18.4 Å². The average molecular weight is 435 g/mol. The van der Waals surface area contributed by atoms with Crippen LogP contribution in [0, 0.1) is 25.5 Å². The molecule has 0 spiro atoms. The third-order valence-electron chi connectivity index (χ3n) is 5.37. The highest BCUT2D eigenvalue weighted by atomic mass is 19.1. The summed E-state index contributed by atoms with van der Waals surface area (Å²) in [4.78, 5) is 29.2. The van der Waals surface area contributed by atoms with Gasteiger partial charge in [0, 0.05) is 27.8 Å². The van der Waals surface area contributed by atoms with Crippen molar-refractivity contribution in [1.29, 1.82) is 0 Å². The fraction of sp³-hybridized carbons (Fsp3) is 0.130. The van der Waals surface area contributed by atoms with E-state index in [1.165, 1.54) is 10.7 Å². The molecule has 4 aromatic rings. The fourth-order valence-corrected chi connectivity index (χ4v) is 3.94. The van der Waals surface area contributed by atoms with Crippen LogP contribution in [0.5, 0.6) is 0 Å². The molecular weight excluding hydrogens is 416 g/mol. The summed E-state index contributed by atoms with van der Waals surface area (Å²) in [5, 5.41) is 4.85. The lowest BCUT2D eigenvalue weighted by Crippen LogP contribution is -2.21. The van der Waals surface area contributed by atoms with E-state index in [-0.39, 0.29) is 28.9 Å². The van der Waals surface area contributed by atoms with Gasteiger partial charge >= 0.3 is 0 Å². The molecule has 162 valence electrons. The number of para-hydroxylation sites is 1. The van der Waals surface area contributed by atoms with Crippen molar-refractivity contribution in [2.45, 2.75) is 20.4 Å². The summed E-state index contributed by atoms with van der Waals surface area (Å²) >= 11 is 0. The van der Waals surface area contributed by atoms with Gasteiger partial charge in [-0.3, -0.25) is 14.3 Å². The average Bonchev–Trinajstić information content (AvgIpc) is 3.01. The molecule has 0 atom stereocenters. The molecule has 0 fully saturated rings. The second kappa shape index (κ2) is 7.84. The van der Waals surface area contributed by atoms with Gasteiger partial charge in [-0.05, 0) is 32.0 Å². The summed E-state index contributed by atoms with van der Waals surface area (Å²) in [6, 6.07) is 10.3. The minimum absolute atomic E-state index is 0.0761. The topological polar surface area (TPSA) is 117 Å².